The van der Waals surface area contributed by atoms with Crippen LogP contribution in [0.25, 0.3) is 27.7 Å². The van der Waals surface area contributed by atoms with Gasteiger partial charge < -0.3 is 25.2 Å². The van der Waals surface area contributed by atoms with Gasteiger partial charge in [-0.1, -0.05) is 6.07 Å². The van der Waals surface area contributed by atoms with E-state index in [4.69, 9.17) is 14.9 Å². The summed E-state index contributed by atoms with van der Waals surface area (Å²) >= 11 is 0. The fraction of sp³-hybridized carbons (Fsp3) is 0.273. The summed E-state index contributed by atoms with van der Waals surface area (Å²) in [6, 6.07) is 6.98. The minimum atomic E-state index is -0.386. The lowest BCUT2D eigenvalue weighted by atomic mass is 10.0. The zero-order valence-corrected chi connectivity index (χ0v) is 16.2. The summed E-state index contributed by atoms with van der Waals surface area (Å²) in [5.74, 6) is -0.120. The molecule has 3 N–H and O–H groups in total. The maximum atomic E-state index is 14.7. The zero-order valence-electron chi connectivity index (χ0n) is 16.2. The molecule has 0 spiro atoms. The van der Waals surface area contributed by atoms with E-state index in [-0.39, 0.29) is 17.7 Å². The molecule has 1 aromatic carbocycles. The molecular weight excluding hydrogens is 371 g/mol. The van der Waals surface area contributed by atoms with Crippen LogP contribution in [0.1, 0.15) is 18.4 Å². The van der Waals surface area contributed by atoms with Gasteiger partial charge in [0, 0.05) is 66.8 Å². The van der Waals surface area contributed by atoms with Crippen molar-refractivity contribution >= 4 is 22.8 Å². The average Bonchev–Trinajstić information content (AvgIpc) is 3.17. The van der Waals surface area contributed by atoms with Crippen LogP contribution in [0, 0.1) is 11.2 Å². The Bertz CT molecular complexity index is 1050. The Labute approximate surface area is 168 Å². The van der Waals surface area contributed by atoms with E-state index in [0.29, 0.717) is 24.4 Å². The van der Waals surface area contributed by atoms with Crippen LogP contribution in [0.4, 0.5) is 4.39 Å². The Balaban J connectivity index is 1.66. The average molecular weight is 394 g/mol. The number of nitrogens with one attached hydrogen (secondary N) is 3. The predicted octanol–water partition coefficient (Wildman–Crippen LogP) is 4.14. The smallest absolute Gasteiger partial charge is 0.165 e. The summed E-state index contributed by atoms with van der Waals surface area (Å²) in [5, 5.41) is 11.4. The lowest BCUT2D eigenvalue weighted by Crippen LogP contribution is -2.26. The first-order chi connectivity index (χ1) is 14.2. The minimum Gasteiger partial charge on any atom is -0.487 e. The van der Waals surface area contributed by atoms with Crippen molar-refractivity contribution in [1.29, 1.82) is 5.41 Å². The maximum absolute atomic E-state index is 14.7. The van der Waals surface area contributed by atoms with Crippen LogP contribution in [0.15, 0.2) is 42.9 Å². The summed E-state index contributed by atoms with van der Waals surface area (Å²) < 4.78 is 25.9. The van der Waals surface area contributed by atoms with Gasteiger partial charge >= 0.3 is 0 Å². The van der Waals surface area contributed by atoms with Crippen molar-refractivity contribution in [3.63, 3.8) is 0 Å². The molecule has 0 aliphatic carbocycles. The van der Waals surface area contributed by atoms with E-state index in [0.717, 1.165) is 34.9 Å². The number of benzene rings is 1. The van der Waals surface area contributed by atoms with Crippen molar-refractivity contribution in [1.82, 2.24) is 15.3 Å². The molecule has 0 bridgehead atoms. The highest BCUT2D eigenvalue weighted by atomic mass is 19.1. The van der Waals surface area contributed by atoms with E-state index in [1.54, 1.807) is 25.5 Å². The molecule has 2 aromatic heterocycles. The number of hydrogen-bond donors (Lipinski definition) is 3. The van der Waals surface area contributed by atoms with Gasteiger partial charge in [-0.3, -0.25) is 0 Å². The Morgan fingerprint density at radius 1 is 1.34 bits per heavy atom. The fourth-order valence-electron chi connectivity index (χ4n) is 3.50. The number of fused-ring (bicyclic) bond motifs is 1. The van der Waals surface area contributed by atoms with Crippen molar-refractivity contribution in [2.24, 2.45) is 0 Å². The van der Waals surface area contributed by atoms with Crippen LogP contribution in [0.5, 0.6) is 5.75 Å². The van der Waals surface area contributed by atoms with E-state index in [9.17, 15) is 4.39 Å². The molecule has 4 rings (SSSR count). The number of rotatable bonds is 6. The quantitative estimate of drug-likeness (QED) is 0.549. The van der Waals surface area contributed by atoms with Crippen molar-refractivity contribution in [3.05, 3.63) is 54.2 Å². The van der Waals surface area contributed by atoms with Gasteiger partial charge in [0.25, 0.3) is 0 Å². The highest BCUT2D eigenvalue weighted by Crippen LogP contribution is 2.32. The molecule has 0 amide bonds. The van der Waals surface area contributed by atoms with Gasteiger partial charge in [-0.2, -0.15) is 0 Å². The number of aromatic amines is 1. The number of aromatic nitrogens is 2. The highest BCUT2D eigenvalue weighted by Gasteiger charge is 2.18. The number of ether oxygens (including phenoxy) is 2. The fourth-order valence-corrected chi connectivity index (χ4v) is 3.50. The van der Waals surface area contributed by atoms with Crippen molar-refractivity contribution in [2.75, 3.05) is 20.3 Å². The third kappa shape index (κ3) is 4.00. The molecule has 3 heterocycles. The third-order valence-electron chi connectivity index (χ3n) is 5.02. The van der Waals surface area contributed by atoms with E-state index in [1.807, 2.05) is 18.3 Å². The normalized spacial score (nSPS) is 15.4. The number of hydrogen-bond acceptors (Lipinski definition) is 5. The summed E-state index contributed by atoms with van der Waals surface area (Å²) in [4.78, 5) is 7.57. The molecule has 0 unspecified atom stereocenters. The first kappa shape index (κ1) is 19.1. The summed E-state index contributed by atoms with van der Waals surface area (Å²) in [7, 11) is 1.78. The molecule has 0 saturated carbocycles. The topological polar surface area (TPSA) is 83.0 Å². The standard InChI is InChI=1S/C22H23FN4O2/c1-25-11-16(10-24)15-8-18-19(13-27-22(18)26-12-15)14-2-3-21(20(23)9-14)29-17-4-6-28-7-5-17/h2-3,8-13,17,24-25H,4-7H2,1H3,(H,26,27)/b16-11+,24-10?. The van der Waals surface area contributed by atoms with Gasteiger partial charge in [-0.15, -0.1) is 0 Å². The van der Waals surface area contributed by atoms with Gasteiger partial charge in [0.2, 0.25) is 0 Å². The van der Waals surface area contributed by atoms with Gasteiger partial charge in [-0.05, 0) is 23.8 Å². The highest BCUT2D eigenvalue weighted by molar-refractivity contribution is 6.09. The Kier molecular flexibility index (Phi) is 5.57. The first-order valence-electron chi connectivity index (χ1n) is 9.59. The largest absolute Gasteiger partial charge is 0.487 e. The lowest BCUT2D eigenvalue weighted by molar-refractivity contribution is 0.0240. The molecule has 3 aromatic rings. The van der Waals surface area contributed by atoms with Crippen LogP contribution >= 0.6 is 0 Å². The van der Waals surface area contributed by atoms with Crippen molar-refractivity contribution < 1.29 is 13.9 Å². The number of pyridine rings is 1. The van der Waals surface area contributed by atoms with E-state index >= 15 is 0 Å². The van der Waals surface area contributed by atoms with E-state index < -0.39 is 0 Å². The summed E-state index contributed by atoms with van der Waals surface area (Å²) in [6.45, 7) is 1.30. The Hall–Kier alpha value is -3.19. The SMILES string of the molecule is CN/C=C(\C=N)c1cnc2[nH]cc(-c3ccc(OC4CCOCC4)c(F)c3)c2c1. The second-order valence-electron chi connectivity index (χ2n) is 6.93. The molecule has 150 valence electrons. The van der Waals surface area contributed by atoms with Crippen LogP contribution in [-0.4, -0.2) is 42.5 Å². The first-order valence-corrected chi connectivity index (χ1v) is 9.59. The lowest BCUT2D eigenvalue weighted by Gasteiger charge is -2.23. The van der Waals surface area contributed by atoms with Crippen molar-refractivity contribution in [2.45, 2.75) is 18.9 Å². The zero-order chi connectivity index (χ0) is 20.2. The second kappa shape index (κ2) is 8.45. The van der Waals surface area contributed by atoms with E-state index in [1.165, 1.54) is 12.3 Å². The van der Waals surface area contributed by atoms with E-state index in [2.05, 4.69) is 15.3 Å². The number of allylic oxidation sites excluding steroid dienone is 1. The molecule has 6 nitrogen and oxygen atoms in total. The van der Waals surface area contributed by atoms with Gasteiger partial charge in [0.15, 0.2) is 11.6 Å². The second-order valence-corrected chi connectivity index (χ2v) is 6.93. The number of halogens is 1. The molecular formula is C22H23FN4O2. The predicted molar refractivity (Wildman–Crippen MR) is 112 cm³/mol. The molecule has 1 aliphatic heterocycles. The Morgan fingerprint density at radius 3 is 2.90 bits per heavy atom. The maximum Gasteiger partial charge on any atom is 0.165 e. The van der Waals surface area contributed by atoms with Gasteiger partial charge in [0.05, 0.1) is 13.2 Å². The summed E-state index contributed by atoms with van der Waals surface area (Å²) in [5.41, 5.74) is 3.81. The third-order valence-corrected chi connectivity index (χ3v) is 5.02. The molecule has 7 heteroatoms. The molecule has 1 aliphatic rings. The van der Waals surface area contributed by atoms with Gasteiger partial charge in [0.1, 0.15) is 11.8 Å². The van der Waals surface area contributed by atoms with Crippen LogP contribution in [-0.2, 0) is 4.74 Å². The van der Waals surface area contributed by atoms with Crippen LogP contribution in [0.3, 0.4) is 0 Å². The Morgan fingerprint density at radius 2 is 2.17 bits per heavy atom. The molecule has 1 fully saturated rings. The number of nitrogens with zero attached hydrogens (tertiary/aromatic N) is 1. The van der Waals surface area contributed by atoms with Crippen molar-refractivity contribution in [3.8, 4) is 16.9 Å². The molecule has 1 saturated heterocycles. The molecule has 0 radical (unpaired) electrons. The molecule has 29 heavy (non-hydrogen) atoms. The number of H-pyrrole nitrogens is 1. The molecule has 0 atom stereocenters. The van der Waals surface area contributed by atoms with Crippen LogP contribution < -0.4 is 10.1 Å². The van der Waals surface area contributed by atoms with Crippen LogP contribution in [0.2, 0.25) is 0 Å². The monoisotopic (exact) mass is 394 g/mol. The van der Waals surface area contributed by atoms with Gasteiger partial charge in [-0.25, -0.2) is 9.37 Å². The summed E-state index contributed by atoms with van der Waals surface area (Å²) in [6.07, 6.45) is 8.07. The minimum absolute atomic E-state index is 0.0116.